The van der Waals surface area contributed by atoms with Crippen molar-refractivity contribution < 1.29 is 18.8 Å². The number of hydrogen-bond acceptors (Lipinski definition) is 7. The average molecular weight is 436 g/mol. The van der Waals surface area contributed by atoms with Gasteiger partial charge in [-0.3, -0.25) is 4.79 Å². The number of benzene rings is 2. The summed E-state index contributed by atoms with van der Waals surface area (Å²) in [6.45, 7) is 2.54. The van der Waals surface area contributed by atoms with Gasteiger partial charge in [0.25, 0.3) is 0 Å². The third-order valence-corrected chi connectivity index (χ3v) is 5.02. The van der Waals surface area contributed by atoms with E-state index in [1.165, 1.54) is 0 Å². The Morgan fingerprint density at radius 2 is 1.90 bits per heavy atom. The number of thiophene rings is 1. The predicted octanol–water partition coefficient (Wildman–Crippen LogP) is 5.56. The Labute approximate surface area is 183 Å². The fourth-order valence-corrected chi connectivity index (χ4v) is 3.49. The first-order valence-electron chi connectivity index (χ1n) is 9.86. The SMILES string of the molecule is CCOc1ccc(Oc2ccccc2NC(=O)CCc2nc(-c3ccsc3)no2)cc1. The summed E-state index contributed by atoms with van der Waals surface area (Å²) in [6, 6.07) is 16.5. The van der Waals surface area contributed by atoms with Gasteiger partial charge in [0.15, 0.2) is 5.75 Å². The van der Waals surface area contributed by atoms with Crippen molar-refractivity contribution in [1.29, 1.82) is 0 Å². The number of amides is 1. The second-order valence-corrected chi connectivity index (χ2v) is 7.35. The van der Waals surface area contributed by atoms with Crippen LogP contribution in [0.25, 0.3) is 11.4 Å². The van der Waals surface area contributed by atoms with Crippen molar-refractivity contribution in [2.45, 2.75) is 19.8 Å². The molecule has 0 unspecified atom stereocenters. The third-order valence-electron chi connectivity index (χ3n) is 4.34. The lowest BCUT2D eigenvalue weighted by Crippen LogP contribution is -2.13. The lowest BCUT2D eigenvalue weighted by atomic mass is 10.2. The lowest BCUT2D eigenvalue weighted by Gasteiger charge is -2.12. The molecule has 0 radical (unpaired) electrons. The van der Waals surface area contributed by atoms with E-state index in [0.717, 1.165) is 11.3 Å². The van der Waals surface area contributed by atoms with E-state index in [4.69, 9.17) is 14.0 Å². The van der Waals surface area contributed by atoms with Crippen LogP contribution in [0.4, 0.5) is 5.69 Å². The van der Waals surface area contributed by atoms with Crippen molar-refractivity contribution in [3.05, 3.63) is 71.2 Å². The molecule has 7 nitrogen and oxygen atoms in total. The van der Waals surface area contributed by atoms with Crippen molar-refractivity contribution in [2.75, 3.05) is 11.9 Å². The number of hydrogen-bond donors (Lipinski definition) is 1. The van der Waals surface area contributed by atoms with Gasteiger partial charge in [-0.1, -0.05) is 17.3 Å². The maximum absolute atomic E-state index is 12.5. The molecule has 0 aliphatic heterocycles. The number of carbonyl (C=O) groups excluding carboxylic acids is 1. The van der Waals surface area contributed by atoms with Gasteiger partial charge in [-0.2, -0.15) is 16.3 Å². The number of anilines is 1. The van der Waals surface area contributed by atoms with Crippen LogP contribution in [0.2, 0.25) is 0 Å². The molecule has 4 aromatic rings. The Morgan fingerprint density at radius 1 is 1.10 bits per heavy atom. The fraction of sp³-hybridized carbons (Fsp3) is 0.174. The molecule has 0 atom stereocenters. The molecular formula is C23H21N3O4S. The zero-order valence-electron chi connectivity index (χ0n) is 16.9. The summed E-state index contributed by atoms with van der Waals surface area (Å²) in [4.78, 5) is 16.8. The van der Waals surface area contributed by atoms with Crippen LogP contribution in [-0.4, -0.2) is 22.7 Å². The Hall–Kier alpha value is -3.65. The molecule has 0 bridgehead atoms. The predicted molar refractivity (Wildman–Crippen MR) is 119 cm³/mol. The van der Waals surface area contributed by atoms with Crippen LogP contribution in [0, 0.1) is 0 Å². The number of aromatic nitrogens is 2. The zero-order valence-corrected chi connectivity index (χ0v) is 17.7. The highest BCUT2D eigenvalue weighted by Gasteiger charge is 2.13. The summed E-state index contributed by atoms with van der Waals surface area (Å²) >= 11 is 1.56. The van der Waals surface area contributed by atoms with Gasteiger partial charge in [-0.15, -0.1) is 0 Å². The third kappa shape index (κ3) is 5.49. The van der Waals surface area contributed by atoms with Crippen LogP contribution in [0.15, 0.2) is 69.9 Å². The molecule has 1 amide bonds. The van der Waals surface area contributed by atoms with E-state index >= 15 is 0 Å². The number of carbonyl (C=O) groups is 1. The number of para-hydroxylation sites is 2. The maximum atomic E-state index is 12.5. The first kappa shape index (κ1) is 20.6. The number of nitrogens with zero attached hydrogens (tertiary/aromatic N) is 2. The molecule has 0 fully saturated rings. The van der Waals surface area contributed by atoms with Crippen molar-refractivity contribution in [3.8, 4) is 28.6 Å². The van der Waals surface area contributed by atoms with E-state index < -0.39 is 0 Å². The highest BCUT2D eigenvalue weighted by molar-refractivity contribution is 7.08. The average Bonchev–Trinajstić information content (AvgIpc) is 3.47. The quantitative estimate of drug-likeness (QED) is 0.370. The van der Waals surface area contributed by atoms with E-state index in [9.17, 15) is 4.79 Å². The highest BCUT2D eigenvalue weighted by Crippen LogP contribution is 2.30. The smallest absolute Gasteiger partial charge is 0.227 e. The standard InChI is InChI=1S/C23H21N3O4S/c1-2-28-17-7-9-18(10-8-17)29-20-6-4-3-5-19(20)24-21(27)11-12-22-25-23(26-30-22)16-13-14-31-15-16/h3-10,13-15H,2,11-12H2,1H3,(H,24,27). The van der Waals surface area contributed by atoms with Gasteiger partial charge in [-0.05, 0) is 54.8 Å². The number of aryl methyl sites for hydroxylation is 1. The van der Waals surface area contributed by atoms with E-state index in [-0.39, 0.29) is 12.3 Å². The Bertz CT molecular complexity index is 1120. The van der Waals surface area contributed by atoms with Gasteiger partial charge in [0.1, 0.15) is 11.5 Å². The van der Waals surface area contributed by atoms with Crippen molar-refractivity contribution >= 4 is 22.9 Å². The highest BCUT2D eigenvalue weighted by atomic mass is 32.1. The summed E-state index contributed by atoms with van der Waals surface area (Å²) in [7, 11) is 0. The van der Waals surface area contributed by atoms with Gasteiger partial charge < -0.3 is 19.3 Å². The normalized spacial score (nSPS) is 10.6. The van der Waals surface area contributed by atoms with Gasteiger partial charge in [0, 0.05) is 23.8 Å². The van der Waals surface area contributed by atoms with E-state index in [2.05, 4.69) is 15.5 Å². The minimum absolute atomic E-state index is 0.168. The minimum atomic E-state index is -0.168. The van der Waals surface area contributed by atoms with Crippen LogP contribution < -0.4 is 14.8 Å². The van der Waals surface area contributed by atoms with Crippen molar-refractivity contribution in [1.82, 2.24) is 10.1 Å². The van der Waals surface area contributed by atoms with Gasteiger partial charge in [0.2, 0.25) is 17.6 Å². The Kier molecular flexibility index (Phi) is 6.59. The number of ether oxygens (including phenoxy) is 2. The van der Waals surface area contributed by atoms with E-state index in [1.807, 2.05) is 60.1 Å². The van der Waals surface area contributed by atoms with E-state index in [0.29, 0.717) is 41.9 Å². The Balaban J connectivity index is 1.35. The van der Waals surface area contributed by atoms with Crippen LogP contribution in [0.3, 0.4) is 0 Å². The summed E-state index contributed by atoms with van der Waals surface area (Å²) < 4.78 is 16.6. The summed E-state index contributed by atoms with van der Waals surface area (Å²) in [5.41, 5.74) is 1.50. The summed E-state index contributed by atoms with van der Waals surface area (Å²) in [5, 5.41) is 10.7. The molecule has 1 N–H and O–H groups in total. The minimum Gasteiger partial charge on any atom is -0.494 e. The second-order valence-electron chi connectivity index (χ2n) is 6.57. The molecule has 4 rings (SSSR count). The van der Waals surface area contributed by atoms with Crippen LogP contribution in [-0.2, 0) is 11.2 Å². The molecule has 0 saturated carbocycles. The maximum Gasteiger partial charge on any atom is 0.227 e. The van der Waals surface area contributed by atoms with E-state index in [1.54, 1.807) is 23.5 Å². The zero-order chi connectivity index (χ0) is 21.5. The molecule has 158 valence electrons. The van der Waals surface area contributed by atoms with Gasteiger partial charge in [-0.25, -0.2) is 0 Å². The molecule has 0 aliphatic rings. The molecule has 2 aromatic heterocycles. The van der Waals surface area contributed by atoms with Crippen LogP contribution >= 0.6 is 11.3 Å². The van der Waals surface area contributed by atoms with Gasteiger partial charge >= 0.3 is 0 Å². The number of nitrogens with one attached hydrogen (secondary N) is 1. The van der Waals surface area contributed by atoms with Crippen LogP contribution in [0.1, 0.15) is 19.2 Å². The van der Waals surface area contributed by atoms with Crippen LogP contribution in [0.5, 0.6) is 17.2 Å². The number of rotatable bonds is 9. The molecular weight excluding hydrogens is 414 g/mol. The largest absolute Gasteiger partial charge is 0.494 e. The lowest BCUT2D eigenvalue weighted by molar-refractivity contribution is -0.116. The Morgan fingerprint density at radius 3 is 2.68 bits per heavy atom. The topological polar surface area (TPSA) is 86.5 Å². The first-order valence-corrected chi connectivity index (χ1v) is 10.8. The molecule has 2 aromatic carbocycles. The second kappa shape index (κ2) is 9.90. The molecule has 2 heterocycles. The molecule has 8 heteroatoms. The monoisotopic (exact) mass is 435 g/mol. The first-order chi connectivity index (χ1) is 15.2. The van der Waals surface area contributed by atoms with Crippen molar-refractivity contribution in [2.24, 2.45) is 0 Å². The molecule has 0 spiro atoms. The summed E-state index contributed by atoms with van der Waals surface area (Å²) in [6.07, 6.45) is 0.563. The molecule has 0 saturated heterocycles. The van der Waals surface area contributed by atoms with Gasteiger partial charge in [0.05, 0.1) is 12.3 Å². The fourth-order valence-electron chi connectivity index (χ4n) is 2.85. The summed E-state index contributed by atoms with van der Waals surface area (Å²) in [5.74, 6) is 2.77. The molecule has 0 aliphatic carbocycles. The molecule has 31 heavy (non-hydrogen) atoms. The van der Waals surface area contributed by atoms with Crippen molar-refractivity contribution in [3.63, 3.8) is 0 Å².